The van der Waals surface area contributed by atoms with Gasteiger partial charge in [0.2, 0.25) is 0 Å². The maximum absolute atomic E-state index is 4.47. The highest BCUT2D eigenvalue weighted by atomic mass is 35.5. The highest BCUT2D eigenvalue weighted by Gasteiger charge is 2.10. The van der Waals surface area contributed by atoms with Crippen LogP contribution in [0.2, 0.25) is 0 Å². The molecular weight excluding hydrogens is 242 g/mol. The fraction of sp³-hybridized carbons (Fsp3) is 0.727. The van der Waals surface area contributed by atoms with Gasteiger partial charge in [0.1, 0.15) is 5.01 Å². The van der Waals surface area contributed by atoms with E-state index in [0.717, 1.165) is 32.6 Å². The zero-order chi connectivity index (χ0) is 10.5. The third-order valence-electron chi connectivity index (χ3n) is 2.74. The second kappa shape index (κ2) is 7.22. The first-order chi connectivity index (χ1) is 7.38. The van der Waals surface area contributed by atoms with Gasteiger partial charge in [-0.1, -0.05) is 6.92 Å². The average molecular weight is 262 g/mol. The molecule has 5 heteroatoms. The van der Waals surface area contributed by atoms with Gasteiger partial charge in [-0.2, -0.15) is 0 Å². The van der Waals surface area contributed by atoms with Gasteiger partial charge < -0.3 is 5.32 Å². The second-order valence-electron chi connectivity index (χ2n) is 3.95. The van der Waals surface area contributed by atoms with Crippen LogP contribution in [0.5, 0.6) is 0 Å². The molecule has 0 radical (unpaired) electrons. The zero-order valence-electron chi connectivity index (χ0n) is 9.74. The summed E-state index contributed by atoms with van der Waals surface area (Å²) in [6.07, 6.45) is 4.39. The van der Waals surface area contributed by atoms with E-state index in [9.17, 15) is 0 Å². The molecule has 0 bridgehead atoms. The second-order valence-corrected chi connectivity index (χ2v) is 5.15. The van der Waals surface area contributed by atoms with E-state index in [1.807, 2.05) is 17.5 Å². The highest BCUT2D eigenvalue weighted by molar-refractivity contribution is 7.11. The van der Waals surface area contributed by atoms with Crippen molar-refractivity contribution in [1.29, 1.82) is 0 Å². The summed E-state index contributed by atoms with van der Waals surface area (Å²) in [4.78, 5) is 8.37. The maximum atomic E-state index is 4.47. The van der Waals surface area contributed by atoms with Crippen molar-refractivity contribution in [2.45, 2.75) is 26.3 Å². The monoisotopic (exact) mass is 261 g/mol. The first kappa shape index (κ1) is 13.9. The lowest BCUT2D eigenvalue weighted by Gasteiger charge is -2.17. The van der Waals surface area contributed by atoms with E-state index in [1.54, 1.807) is 0 Å². The molecule has 0 aromatic carbocycles. The largest absolute Gasteiger partial charge is 0.315 e. The third-order valence-corrected chi connectivity index (χ3v) is 3.87. The number of thiazole rings is 1. The van der Waals surface area contributed by atoms with Gasteiger partial charge in [-0.05, 0) is 25.9 Å². The molecule has 0 spiro atoms. The van der Waals surface area contributed by atoms with Gasteiger partial charge in [0.25, 0.3) is 0 Å². The lowest BCUT2D eigenvalue weighted by molar-refractivity contribution is 0.284. The third kappa shape index (κ3) is 4.01. The molecule has 1 N–H and O–H groups in total. The Labute approximate surface area is 108 Å². The van der Waals surface area contributed by atoms with Gasteiger partial charge in [0, 0.05) is 24.2 Å². The average Bonchev–Trinajstić information content (AvgIpc) is 2.54. The lowest BCUT2D eigenvalue weighted by Crippen LogP contribution is -2.27. The number of aromatic nitrogens is 1. The minimum absolute atomic E-state index is 0. The van der Waals surface area contributed by atoms with Crippen molar-refractivity contribution >= 4 is 23.7 Å². The maximum Gasteiger partial charge on any atom is 0.107 e. The Morgan fingerprint density at radius 2 is 2.31 bits per heavy atom. The van der Waals surface area contributed by atoms with Crippen LogP contribution in [0.15, 0.2) is 6.20 Å². The van der Waals surface area contributed by atoms with Gasteiger partial charge in [0.05, 0.1) is 6.54 Å². The minimum Gasteiger partial charge on any atom is -0.315 e. The van der Waals surface area contributed by atoms with Gasteiger partial charge in [-0.3, -0.25) is 4.90 Å². The van der Waals surface area contributed by atoms with Gasteiger partial charge in [-0.25, -0.2) is 4.98 Å². The Morgan fingerprint density at radius 3 is 3.06 bits per heavy atom. The van der Waals surface area contributed by atoms with Crippen LogP contribution >= 0.6 is 23.7 Å². The predicted molar refractivity (Wildman–Crippen MR) is 71.5 cm³/mol. The number of hydrogen-bond donors (Lipinski definition) is 1. The molecule has 16 heavy (non-hydrogen) atoms. The molecule has 0 unspecified atom stereocenters. The van der Waals surface area contributed by atoms with Crippen molar-refractivity contribution in [3.63, 3.8) is 0 Å². The van der Waals surface area contributed by atoms with Crippen LogP contribution in [0.3, 0.4) is 0 Å². The summed E-state index contributed by atoms with van der Waals surface area (Å²) in [5.41, 5.74) is 0. The van der Waals surface area contributed by atoms with Crippen molar-refractivity contribution in [1.82, 2.24) is 15.2 Å². The molecule has 1 saturated heterocycles. The molecule has 1 aliphatic heterocycles. The molecule has 1 aliphatic rings. The van der Waals surface area contributed by atoms with Crippen LogP contribution < -0.4 is 5.32 Å². The molecule has 2 rings (SSSR count). The van der Waals surface area contributed by atoms with E-state index >= 15 is 0 Å². The van der Waals surface area contributed by atoms with Gasteiger partial charge in [0.15, 0.2) is 0 Å². The zero-order valence-corrected chi connectivity index (χ0v) is 11.4. The van der Waals surface area contributed by atoms with Crippen LogP contribution in [0.1, 0.15) is 23.2 Å². The quantitative estimate of drug-likeness (QED) is 0.901. The van der Waals surface area contributed by atoms with E-state index in [4.69, 9.17) is 0 Å². The number of halogens is 1. The topological polar surface area (TPSA) is 28.2 Å². The van der Waals surface area contributed by atoms with E-state index in [0.29, 0.717) is 0 Å². The summed E-state index contributed by atoms with van der Waals surface area (Å²) in [7, 11) is 0. The molecule has 0 aliphatic carbocycles. The number of hydrogen-bond acceptors (Lipinski definition) is 4. The van der Waals surface area contributed by atoms with E-state index < -0.39 is 0 Å². The van der Waals surface area contributed by atoms with Crippen molar-refractivity contribution in [2.24, 2.45) is 0 Å². The van der Waals surface area contributed by atoms with E-state index in [-0.39, 0.29) is 12.4 Å². The van der Waals surface area contributed by atoms with Crippen LogP contribution in [0, 0.1) is 0 Å². The molecule has 3 nitrogen and oxygen atoms in total. The Hall–Kier alpha value is -0.160. The number of nitrogens with zero attached hydrogens (tertiary/aromatic N) is 2. The molecule has 92 valence electrons. The van der Waals surface area contributed by atoms with Crippen LogP contribution in [0.25, 0.3) is 0 Å². The minimum atomic E-state index is 0. The van der Waals surface area contributed by atoms with Crippen molar-refractivity contribution in [3.8, 4) is 0 Å². The van der Waals surface area contributed by atoms with Gasteiger partial charge >= 0.3 is 0 Å². The molecule has 1 fully saturated rings. The van der Waals surface area contributed by atoms with Crippen molar-refractivity contribution in [3.05, 3.63) is 16.1 Å². The number of nitrogens with one attached hydrogen (secondary N) is 1. The molecule has 2 heterocycles. The fourth-order valence-corrected chi connectivity index (χ4v) is 2.74. The SMILES string of the molecule is CCc1cnc(CN2CCCNCC2)s1.Cl. The molecule has 0 amide bonds. The summed E-state index contributed by atoms with van der Waals surface area (Å²) >= 11 is 1.86. The number of aryl methyl sites for hydroxylation is 1. The normalized spacial score (nSPS) is 17.8. The standard InChI is InChI=1S/C11H19N3S.ClH/c1-2-10-8-13-11(15-10)9-14-6-3-4-12-5-7-14;/h8,12H,2-7,9H2,1H3;1H. The molecule has 0 atom stereocenters. The Kier molecular flexibility index (Phi) is 6.28. The fourth-order valence-electron chi connectivity index (χ4n) is 1.84. The van der Waals surface area contributed by atoms with Crippen LogP contribution in [-0.2, 0) is 13.0 Å². The summed E-state index contributed by atoms with van der Waals surface area (Å²) in [5, 5.41) is 4.69. The highest BCUT2D eigenvalue weighted by Crippen LogP contribution is 2.15. The molecule has 1 aromatic heterocycles. The summed E-state index contributed by atoms with van der Waals surface area (Å²) < 4.78 is 0. The summed E-state index contributed by atoms with van der Waals surface area (Å²) in [5.74, 6) is 0. The number of rotatable bonds is 3. The molecule has 0 saturated carbocycles. The van der Waals surface area contributed by atoms with Gasteiger partial charge in [-0.15, -0.1) is 23.7 Å². The Balaban J connectivity index is 0.00000128. The van der Waals surface area contributed by atoms with Crippen molar-refractivity contribution in [2.75, 3.05) is 26.2 Å². The van der Waals surface area contributed by atoms with E-state index in [1.165, 1.54) is 22.9 Å². The predicted octanol–water partition coefficient (Wildman–Crippen LogP) is 1.92. The first-order valence-corrected chi connectivity index (χ1v) is 6.57. The smallest absolute Gasteiger partial charge is 0.107 e. The van der Waals surface area contributed by atoms with Crippen LogP contribution in [-0.4, -0.2) is 36.1 Å². The molecule has 1 aromatic rings. The lowest BCUT2D eigenvalue weighted by atomic mass is 10.4. The Bertz CT molecular complexity index is 295. The Morgan fingerprint density at radius 1 is 1.44 bits per heavy atom. The van der Waals surface area contributed by atoms with Crippen molar-refractivity contribution < 1.29 is 0 Å². The first-order valence-electron chi connectivity index (χ1n) is 5.75. The molecular formula is C11H20ClN3S. The summed E-state index contributed by atoms with van der Waals surface area (Å²) in [6.45, 7) is 7.86. The van der Waals surface area contributed by atoms with Crippen LogP contribution in [0.4, 0.5) is 0 Å². The van der Waals surface area contributed by atoms with E-state index in [2.05, 4.69) is 22.1 Å². The summed E-state index contributed by atoms with van der Waals surface area (Å²) in [6, 6.07) is 0.